The minimum atomic E-state index is -1.84. The van der Waals surface area contributed by atoms with E-state index in [9.17, 15) is 10.2 Å². The number of ether oxygens (including phenoxy) is 2. The van der Waals surface area contributed by atoms with Crippen LogP contribution < -0.4 is 0 Å². The number of rotatable bonds is 5. The Hall–Kier alpha value is 0.0169. The molecule has 0 amide bonds. The molecule has 0 aromatic rings. The van der Waals surface area contributed by atoms with Crippen LogP contribution in [-0.2, 0) is 13.9 Å². The third-order valence-electron chi connectivity index (χ3n) is 11.3. The number of aliphatic hydroxyl groups excluding tert-OH is 2. The summed E-state index contributed by atoms with van der Waals surface area (Å²) in [5.41, 5.74) is 0.00499. The number of hydrogen-bond donors (Lipinski definition) is 2. The van der Waals surface area contributed by atoms with Gasteiger partial charge in [0.05, 0.1) is 13.2 Å². The van der Waals surface area contributed by atoms with Gasteiger partial charge in [0.15, 0.2) is 14.1 Å². The van der Waals surface area contributed by atoms with Crippen LogP contribution in [0.5, 0.6) is 0 Å². The first-order valence-electron chi connectivity index (χ1n) is 13.5. The van der Waals surface area contributed by atoms with Crippen molar-refractivity contribution in [2.75, 3.05) is 26.4 Å². The molecule has 3 aliphatic carbocycles. The topological polar surface area (TPSA) is 68.2 Å². The van der Waals surface area contributed by atoms with E-state index in [4.69, 9.17) is 13.9 Å². The lowest BCUT2D eigenvalue weighted by Gasteiger charge is -2.58. The zero-order chi connectivity index (χ0) is 24.3. The first-order valence-corrected chi connectivity index (χ1v) is 16.4. The van der Waals surface area contributed by atoms with Crippen molar-refractivity contribution >= 4 is 8.32 Å². The minimum Gasteiger partial charge on any atom is -0.414 e. The first-order chi connectivity index (χ1) is 15.3. The zero-order valence-corrected chi connectivity index (χ0v) is 23.3. The van der Waals surface area contributed by atoms with Crippen LogP contribution in [0.4, 0.5) is 0 Å². The van der Waals surface area contributed by atoms with E-state index in [-0.39, 0.29) is 47.0 Å². The molecule has 2 N–H and O–H groups in total. The predicted molar refractivity (Wildman–Crippen MR) is 133 cm³/mol. The van der Waals surface area contributed by atoms with Gasteiger partial charge in [-0.1, -0.05) is 34.6 Å². The highest BCUT2D eigenvalue weighted by Gasteiger charge is 2.66. The van der Waals surface area contributed by atoms with Crippen molar-refractivity contribution in [3.05, 3.63) is 0 Å². The van der Waals surface area contributed by atoms with E-state index in [0.29, 0.717) is 25.0 Å². The number of aliphatic hydroxyl groups is 2. The second-order valence-electron chi connectivity index (χ2n) is 13.7. The normalized spacial score (nSPS) is 43.7. The Bertz CT molecular complexity index is 699. The predicted octanol–water partition coefficient (Wildman–Crippen LogP) is 5.35. The molecule has 6 heteroatoms. The summed E-state index contributed by atoms with van der Waals surface area (Å²) >= 11 is 0. The maximum absolute atomic E-state index is 10.7. The molecular weight excluding hydrogens is 432 g/mol. The highest BCUT2D eigenvalue weighted by Crippen LogP contribution is 2.66. The molecule has 3 saturated carbocycles. The van der Waals surface area contributed by atoms with Crippen molar-refractivity contribution in [3.63, 3.8) is 0 Å². The Morgan fingerprint density at radius 2 is 1.55 bits per heavy atom. The molecule has 1 spiro atoms. The van der Waals surface area contributed by atoms with Crippen molar-refractivity contribution in [1.82, 2.24) is 0 Å². The van der Waals surface area contributed by atoms with Gasteiger partial charge in [0.25, 0.3) is 0 Å². The molecule has 2 unspecified atom stereocenters. The van der Waals surface area contributed by atoms with Crippen LogP contribution in [0.3, 0.4) is 0 Å². The van der Waals surface area contributed by atoms with Crippen LogP contribution in [0.1, 0.15) is 79.6 Å². The van der Waals surface area contributed by atoms with Gasteiger partial charge in [0.2, 0.25) is 0 Å². The van der Waals surface area contributed by atoms with Gasteiger partial charge >= 0.3 is 0 Å². The lowest BCUT2D eigenvalue weighted by Crippen LogP contribution is -2.56. The van der Waals surface area contributed by atoms with Gasteiger partial charge < -0.3 is 24.1 Å². The van der Waals surface area contributed by atoms with Gasteiger partial charge in [-0.15, -0.1) is 0 Å². The molecule has 33 heavy (non-hydrogen) atoms. The fourth-order valence-electron chi connectivity index (χ4n) is 8.10. The fourth-order valence-corrected chi connectivity index (χ4v) is 9.50. The van der Waals surface area contributed by atoms with Crippen LogP contribution in [0.25, 0.3) is 0 Å². The van der Waals surface area contributed by atoms with E-state index in [2.05, 4.69) is 47.7 Å². The van der Waals surface area contributed by atoms with Crippen molar-refractivity contribution in [3.8, 4) is 0 Å². The van der Waals surface area contributed by atoms with Crippen LogP contribution in [0, 0.1) is 34.5 Å². The Balaban J connectivity index is 1.52. The summed E-state index contributed by atoms with van der Waals surface area (Å²) in [4.78, 5) is 0. The monoisotopic (exact) mass is 482 g/mol. The fraction of sp³-hybridized carbons (Fsp3) is 1.00. The molecule has 0 aromatic carbocycles. The van der Waals surface area contributed by atoms with Gasteiger partial charge in [-0.2, -0.15) is 0 Å². The molecule has 1 aliphatic heterocycles. The molecular formula is C27H50O5Si. The lowest BCUT2D eigenvalue weighted by atomic mass is 9.49. The van der Waals surface area contributed by atoms with Crippen LogP contribution >= 0.6 is 0 Å². The molecule has 0 aromatic heterocycles. The van der Waals surface area contributed by atoms with Gasteiger partial charge in [0, 0.05) is 31.2 Å². The van der Waals surface area contributed by atoms with Crippen molar-refractivity contribution in [1.29, 1.82) is 0 Å². The van der Waals surface area contributed by atoms with E-state index >= 15 is 0 Å². The van der Waals surface area contributed by atoms with Gasteiger partial charge in [-0.3, -0.25) is 0 Å². The Morgan fingerprint density at radius 3 is 2.12 bits per heavy atom. The van der Waals surface area contributed by atoms with Crippen LogP contribution in [-0.4, -0.2) is 56.8 Å². The molecule has 1 heterocycles. The second kappa shape index (κ2) is 8.84. The molecule has 192 valence electrons. The highest BCUT2D eigenvalue weighted by atomic mass is 28.4. The Morgan fingerprint density at radius 1 is 0.909 bits per heavy atom. The minimum absolute atomic E-state index is 0.0267. The molecule has 4 rings (SSSR count). The number of hydrogen-bond acceptors (Lipinski definition) is 5. The Labute approximate surface area is 203 Å². The van der Waals surface area contributed by atoms with Crippen molar-refractivity contribution in [2.24, 2.45) is 34.5 Å². The maximum Gasteiger partial charge on any atom is 0.192 e. The second-order valence-corrected chi connectivity index (χ2v) is 18.4. The average Bonchev–Trinajstić information content (AvgIpc) is 3.34. The van der Waals surface area contributed by atoms with E-state index in [1.54, 1.807) is 0 Å². The third kappa shape index (κ3) is 4.09. The van der Waals surface area contributed by atoms with E-state index in [1.807, 2.05) is 0 Å². The molecule has 4 fully saturated rings. The molecule has 4 aliphatic rings. The van der Waals surface area contributed by atoms with Crippen molar-refractivity contribution < 1.29 is 24.1 Å². The Kier molecular flexibility index (Phi) is 6.99. The molecule has 5 nitrogen and oxygen atoms in total. The summed E-state index contributed by atoms with van der Waals surface area (Å²) in [6.07, 6.45) is 7.48. The smallest absolute Gasteiger partial charge is 0.192 e. The summed E-state index contributed by atoms with van der Waals surface area (Å²) in [5.74, 6) is 0.855. The summed E-state index contributed by atoms with van der Waals surface area (Å²) in [5, 5.41) is 21.4. The molecule has 1 saturated heterocycles. The standard InChI is InChI=1S/C27H50O5Si/c1-24(2,3)33(6,7)32-20-8-11-25(4,19(16-20)17-28)22-9-12-26(5)23(21(22)18-29)10-13-27(26)30-14-15-31-27/h19-23,28-29H,8-18H2,1-7H3/t19-,20+,21-,22?,23?,25+,26+/m1/s1. The summed E-state index contributed by atoms with van der Waals surface area (Å²) in [7, 11) is -1.84. The molecule has 0 radical (unpaired) electrons. The summed E-state index contributed by atoms with van der Waals surface area (Å²) in [6.45, 7) is 18.1. The van der Waals surface area contributed by atoms with Gasteiger partial charge in [-0.05, 0) is 85.7 Å². The van der Waals surface area contributed by atoms with E-state index < -0.39 is 14.1 Å². The van der Waals surface area contributed by atoms with E-state index in [1.165, 1.54) is 0 Å². The molecule has 0 bridgehead atoms. The average molecular weight is 483 g/mol. The van der Waals surface area contributed by atoms with Crippen LogP contribution in [0.2, 0.25) is 18.1 Å². The largest absolute Gasteiger partial charge is 0.414 e. The van der Waals surface area contributed by atoms with Gasteiger partial charge in [-0.25, -0.2) is 0 Å². The first kappa shape index (κ1) is 26.1. The molecule has 7 atom stereocenters. The maximum atomic E-state index is 10.7. The van der Waals surface area contributed by atoms with Crippen molar-refractivity contribution in [2.45, 2.75) is 110 Å². The number of fused-ring (bicyclic) bond motifs is 2. The summed E-state index contributed by atoms with van der Waals surface area (Å²) in [6, 6.07) is 0. The van der Waals surface area contributed by atoms with E-state index in [0.717, 1.165) is 44.9 Å². The third-order valence-corrected chi connectivity index (χ3v) is 15.8. The van der Waals surface area contributed by atoms with Gasteiger partial charge in [0.1, 0.15) is 0 Å². The van der Waals surface area contributed by atoms with Crippen LogP contribution in [0.15, 0.2) is 0 Å². The quantitative estimate of drug-likeness (QED) is 0.517. The highest BCUT2D eigenvalue weighted by molar-refractivity contribution is 6.74. The zero-order valence-electron chi connectivity index (χ0n) is 22.3. The lowest BCUT2D eigenvalue weighted by molar-refractivity contribution is -0.246. The SMILES string of the molecule is CC(C)(C)[Si](C)(C)O[C@H]1CC[C@](C)(C2CC[C@@]3(C)C(CCC34OCCO4)[C@@H]2CO)[C@@H](CO)C1. The summed E-state index contributed by atoms with van der Waals surface area (Å²) < 4.78 is 19.3.